The fourth-order valence-corrected chi connectivity index (χ4v) is 2.36. The van der Waals surface area contributed by atoms with Crippen LogP contribution in [0.25, 0.3) is 0 Å². The van der Waals surface area contributed by atoms with Crippen LogP contribution in [0.2, 0.25) is 0 Å². The van der Waals surface area contributed by atoms with Crippen molar-refractivity contribution in [3.63, 3.8) is 0 Å². The lowest BCUT2D eigenvalue weighted by atomic mass is 10.0. The largest absolute Gasteiger partial charge is 0.367 e. The number of nitrogens with zero attached hydrogens (tertiary/aromatic N) is 1. The summed E-state index contributed by atoms with van der Waals surface area (Å²) in [5.41, 5.74) is 3.46. The SMILES string of the molecule is CCC(CC)Nc1ncccc1C(=N)c1cccc(C)c1. The first kappa shape index (κ1) is 15.2. The summed E-state index contributed by atoms with van der Waals surface area (Å²) in [7, 11) is 0. The van der Waals surface area contributed by atoms with E-state index in [0.717, 1.165) is 35.3 Å². The molecule has 1 aromatic heterocycles. The van der Waals surface area contributed by atoms with Crippen LogP contribution in [0.3, 0.4) is 0 Å². The van der Waals surface area contributed by atoms with Gasteiger partial charge < -0.3 is 5.32 Å². The fourth-order valence-electron chi connectivity index (χ4n) is 2.36. The molecule has 110 valence electrons. The minimum absolute atomic E-state index is 0.393. The van der Waals surface area contributed by atoms with Crippen LogP contribution in [-0.2, 0) is 0 Å². The lowest BCUT2D eigenvalue weighted by Gasteiger charge is -2.18. The Bertz CT molecular complexity index is 615. The molecule has 0 amide bonds. The molecule has 0 radical (unpaired) electrons. The Morgan fingerprint density at radius 1 is 1.19 bits per heavy atom. The van der Waals surface area contributed by atoms with Crippen molar-refractivity contribution in [1.29, 1.82) is 5.41 Å². The average Bonchev–Trinajstić information content (AvgIpc) is 2.52. The summed E-state index contributed by atoms with van der Waals surface area (Å²) in [5.74, 6) is 0.803. The molecule has 3 nitrogen and oxygen atoms in total. The third-order valence-corrected chi connectivity index (χ3v) is 3.71. The molecule has 2 aromatic rings. The molecule has 21 heavy (non-hydrogen) atoms. The van der Waals surface area contributed by atoms with Crippen LogP contribution < -0.4 is 5.32 Å². The number of aryl methyl sites for hydroxylation is 1. The standard InChI is InChI=1S/C18H23N3/c1-4-15(5-2)21-18-16(10-7-11-20-18)17(19)14-9-6-8-13(3)12-14/h6-12,15,19H,4-5H2,1-3H3,(H,20,21). The van der Waals surface area contributed by atoms with Crippen LogP contribution in [0.5, 0.6) is 0 Å². The predicted octanol–water partition coefficient (Wildman–Crippen LogP) is 4.41. The van der Waals surface area contributed by atoms with Crippen molar-refractivity contribution in [2.24, 2.45) is 0 Å². The lowest BCUT2D eigenvalue weighted by Crippen LogP contribution is -2.20. The summed E-state index contributed by atoms with van der Waals surface area (Å²) in [4.78, 5) is 4.43. The summed E-state index contributed by atoms with van der Waals surface area (Å²) >= 11 is 0. The zero-order valence-corrected chi connectivity index (χ0v) is 13.0. The van der Waals surface area contributed by atoms with E-state index in [1.165, 1.54) is 0 Å². The second-order valence-electron chi connectivity index (χ2n) is 5.30. The maximum Gasteiger partial charge on any atom is 0.135 e. The second kappa shape index (κ2) is 7.02. The monoisotopic (exact) mass is 281 g/mol. The van der Waals surface area contributed by atoms with Gasteiger partial charge in [-0.1, -0.05) is 37.6 Å². The van der Waals surface area contributed by atoms with Crippen molar-refractivity contribution < 1.29 is 0 Å². The highest BCUT2D eigenvalue weighted by atomic mass is 15.0. The second-order valence-corrected chi connectivity index (χ2v) is 5.30. The molecule has 0 spiro atoms. The maximum atomic E-state index is 8.49. The number of pyridine rings is 1. The Morgan fingerprint density at radius 2 is 1.95 bits per heavy atom. The molecule has 0 aliphatic carbocycles. The molecule has 0 bridgehead atoms. The van der Waals surface area contributed by atoms with Crippen molar-refractivity contribution in [1.82, 2.24) is 4.98 Å². The van der Waals surface area contributed by atoms with E-state index in [0.29, 0.717) is 11.8 Å². The van der Waals surface area contributed by atoms with Crippen LogP contribution in [0.15, 0.2) is 42.6 Å². The van der Waals surface area contributed by atoms with Crippen molar-refractivity contribution in [3.05, 3.63) is 59.3 Å². The summed E-state index contributed by atoms with van der Waals surface area (Å²) in [6.45, 7) is 6.37. The van der Waals surface area contributed by atoms with Crippen LogP contribution in [0, 0.1) is 12.3 Å². The van der Waals surface area contributed by atoms with Crippen molar-refractivity contribution in [3.8, 4) is 0 Å². The number of aromatic nitrogens is 1. The minimum Gasteiger partial charge on any atom is -0.367 e. The topological polar surface area (TPSA) is 48.8 Å². The number of hydrogen-bond donors (Lipinski definition) is 2. The fraction of sp³-hybridized carbons (Fsp3) is 0.333. The molecule has 0 unspecified atom stereocenters. The first-order chi connectivity index (χ1) is 10.2. The molecule has 1 heterocycles. The summed E-state index contributed by atoms with van der Waals surface area (Å²) in [5, 5.41) is 11.9. The number of anilines is 1. The molecule has 0 atom stereocenters. The van der Waals surface area contributed by atoms with Crippen molar-refractivity contribution in [2.75, 3.05) is 5.32 Å². The van der Waals surface area contributed by atoms with Gasteiger partial charge in [0.15, 0.2) is 0 Å². The molecule has 0 fully saturated rings. The highest BCUT2D eigenvalue weighted by molar-refractivity contribution is 6.13. The number of benzene rings is 1. The van der Waals surface area contributed by atoms with Gasteiger partial charge in [0.2, 0.25) is 0 Å². The number of nitrogens with one attached hydrogen (secondary N) is 2. The number of hydrogen-bond acceptors (Lipinski definition) is 3. The predicted molar refractivity (Wildman–Crippen MR) is 89.3 cm³/mol. The van der Waals surface area contributed by atoms with E-state index < -0.39 is 0 Å². The highest BCUT2D eigenvalue weighted by Gasteiger charge is 2.13. The van der Waals surface area contributed by atoms with E-state index in [2.05, 4.69) is 24.1 Å². The third kappa shape index (κ3) is 3.69. The Balaban J connectivity index is 2.33. The first-order valence-corrected chi connectivity index (χ1v) is 7.53. The van der Waals surface area contributed by atoms with Gasteiger partial charge in [0.1, 0.15) is 5.82 Å². The number of rotatable bonds is 6. The van der Waals surface area contributed by atoms with E-state index in [1.807, 2.05) is 43.3 Å². The van der Waals surface area contributed by atoms with Crippen LogP contribution in [0.4, 0.5) is 5.82 Å². The molecule has 0 aliphatic heterocycles. The van der Waals surface area contributed by atoms with Gasteiger partial charge in [-0.15, -0.1) is 0 Å². The van der Waals surface area contributed by atoms with Crippen molar-refractivity contribution >= 4 is 11.5 Å². The molecular formula is C18H23N3. The normalized spacial score (nSPS) is 10.7. The highest BCUT2D eigenvalue weighted by Crippen LogP contribution is 2.19. The van der Waals surface area contributed by atoms with E-state index in [9.17, 15) is 0 Å². The Kier molecular flexibility index (Phi) is 5.09. The molecule has 0 aliphatic rings. The van der Waals surface area contributed by atoms with Gasteiger partial charge in [-0.25, -0.2) is 4.98 Å². The van der Waals surface area contributed by atoms with Crippen LogP contribution in [0.1, 0.15) is 43.4 Å². The van der Waals surface area contributed by atoms with Crippen LogP contribution in [-0.4, -0.2) is 16.7 Å². The molecule has 3 heteroatoms. The Labute approximate surface area is 126 Å². The smallest absolute Gasteiger partial charge is 0.135 e. The van der Waals surface area contributed by atoms with Gasteiger partial charge in [-0.2, -0.15) is 0 Å². The van der Waals surface area contributed by atoms with Gasteiger partial charge >= 0.3 is 0 Å². The van der Waals surface area contributed by atoms with E-state index in [-0.39, 0.29) is 0 Å². The zero-order valence-electron chi connectivity index (χ0n) is 13.0. The van der Waals surface area contributed by atoms with E-state index in [1.54, 1.807) is 6.20 Å². The van der Waals surface area contributed by atoms with Crippen LogP contribution >= 0.6 is 0 Å². The van der Waals surface area contributed by atoms with Gasteiger partial charge in [0.25, 0.3) is 0 Å². The molecule has 0 saturated heterocycles. The molecule has 1 aromatic carbocycles. The zero-order chi connectivity index (χ0) is 15.2. The van der Waals surface area contributed by atoms with E-state index >= 15 is 0 Å². The van der Waals surface area contributed by atoms with Crippen molar-refractivity contribution in [2.45, 2.75) is 39.7 Å². The molecule has 0 saturated carbocycles. The summed E-state index contributed by atoms with van der Waals surface area (Å²) in [6, 6.07) is 12.3. The van der Waals surface area contributed by atoms with E-state index in [4.69, 9.17) is 5.41 Å². The molecule has 2 rings (SSSR count). The summed E-state index contributed by atoms with van der Waals surface area (Å²) in [6.07, 6.45) is 3.87. The Morgan fingerprint density at radius 3 is 2.62 bits per heavy atom. The third-order valence-electron chi connectivity index (χ3n) is 3.71. The quantitative estimate of drug-likeness (QED) is 0.771. The Hall–Kier alpha value is -2.16. The lowest BCUT2D eigenvalue weighted by molar-refractivity contribution is 0.668. The minimum atomic E-state index is 0.393. The average molecular weight is 281 g/mol. The van der Waals surface area contributed by atoms with Gasteiger partial charge in [-0.3, -0.25) is 5.41 Å². The summed E-state index contributed by atoms with van der Waals surface area (Å²) < 4.78 is 0. The first-order valence-electron chi connectivity index (χ1n) is 7.53. The molecular weight excluding hydrogens is 258 g/mol. The molecule has 2 N–H and O–H groups in total. The van der Waals surface area contributed by atoms with Gasteiger partial charge in [0, 0.05) is 23.4 Å². The maximum absolute atomic E-state index is 8.49. The van der Waals surface area contributed by atoms with Gasteiger partial charge in [-0.05, 0) is 38.0 Å². The van der Waals surface area contributed by atoms with Gasteiger partial charge in [0.05, 0.1) is 5.71 Å².